The lowest BCUT2D eigenvalue weighted by molar-refractivity contribution is -0.132. The van der Waals surface area contributed by atoms with Crippen LogP contribution in [0.15, 0.2) is 41.1 Å². The van der Waals surface area contributed by atoms with Crippen molar-refractivity contribution in [1.29, 1.82) is 0 Å². The predicted octanol–water partition coefficient (Wildman–Crippen LogP) is 3.25. The fraction of sp³-hybridized carbons (Fsp3) is 0.294. The third-order valence-corrected chi connectivity index (χ3v) is 4.04. The number of hydrogen-bond donors (Lipinski definition) is 1. The highest BCUT2D eigenvalue weighted by Gasteiger charge is 2.11. The van der Waals surface area contributed by atoms with Gasteiger partial charge in [-0.3, -0.25) is 9.59 Å². The Morgan fingerprint density at radius 3 is 2.65 bits per heavy atom. The Kier molecular flexibility index (Phi) is 6.17. The van der Waals surface area contributed by atoms with Crippen molar-refractivity contribution >= 4 is 28.8 Å². The minimum atomic E-state index is -0.164. The van der Waals surface area contributed by atoms with Crippen LogP contribution in [0.5, 0.6) is 5.75 Å². The third-order valence-electron chi connectivity index (χ3n) is 3.35. The summed E-state index contributed by atoms with van der Waals surface area (Å²) in [4.78, 5) is 25.7. The first-order valence-electron chi connectivity index (χ1n) is 7.48. The van der Waals surface area contributed by atoms with Crippen LogP contribution in [0.1, 0.15) is 24.2 Å². The molecule has 0 spiro atoms. The number of nitrogens with one attached hydrogen (secondary N) is 1. The molecule has 0 saturated heterocycles. The number of amides is 2. The Morgan fingerprint density at radius 1 is 1.22 bits per heavy atom. The van der Waals surface area contributed by atoms with Crippen LogP contribution in [-0.2, 0) is 4.79 Å². The average Bonchev–Trinajstić information content (AvgIpc) is 3.09. The van der Waals surface area contributed by atoms with Crippen molar-refractivity contribution < 1.29 is 14.3 Å². The molecule has 1 aromatic heterocycles. The number of carbonyl (C=O) groups excluding carboxylic acids is 2. The smallest absolute Gasteiger partial charge is 0.260 e. The number of nitrogens with zero attached hydrogens (tertiary/aromatic N) is 1. The summed E-state index contributed by atoms with van der Waals surface area (Å²) in [6.07, 6.45) is 0. The first kappa shape index (κ1) is 17.0. The van der Waals surface area contributed by atoms with E-state index in [1.165, 1.54) is 11.3 Å². The number of anilines is 1. The molecular formula is C17H20N2O3S. The van der Waals surface area contributed by atoms with Crippen molar-refractivity contribution in [2.45, 2.75) is 13.8 Å². The van der Waals surface area contributed by atoms with Crippen LogP contribution in [0.2, 0.25) is 0 Å². The molecule has 122 valence electrons. The van der Waals surface area contributed by atoms with E-state index in [9.17, 15) is 9.59 Å². The Bertz CT molecular complexity index is 652. The summed E-state index contributed by atoms with van der Waals surface area (Å²) < 4.78 is 5.52. The van der Waals surface area contributed by atoms with Crippen LogP contribution in [-0.4, -0.2) is 36.4 Å². The molecule has 0 saturated carbocycles. The zero-order valence-corrected chi connectivity index (χ0v) is 14.1. The average molecular weight is 332 g/mol. The zero-order chi connectivity index (χ0) is 16.7. The summed E-state index contributed by atoms with van der Waals surface area (Å²) in [5.41, 5.74) is 1.26. The summed E-state index contributed by atoms with van der Waals surface area (Å²) in [5.74, 6) is 0.332. The summed E-state index contributed by atoms with van der Waals surface area (Å²) in [5, 5.41) is 6.45. The van der Waals surface area contributed by atoms with E-state index in [-0.39, 0.29) is 18.4 Å². The van der Waals surface area contributed by atoms with Crippen LogP contribution in [0, 0.1) is 0 Å². The molecule has 0 aliphatic carbocycles. The van der Waals surface area contributed by atoms with E-state index in [4.69, 9.17) is 4.74 Å². The minimum absolute atomic E-state index is 0.0103. The van der Waals surface area contributed by atoms with E-state index in [0.29, 0.717) is 30.1 Å². The third kappa shape index (κ3) is 4.82. The molecule has 1 N–H and O–H groups in total. The fourth-order valence-corrected chi connectivity index (χ4v) is 2.71. The molecule has 0 bridgehead atoms. The topological polar surface area (TPSA) is 58.6 Å². The lowest BCUT2D eigenvalue weighted by Crippen LogP contribution is -2.34. The van der Waals surface area contributed by atoms with E-state index in [2.05, 4.69) is 5.32 Å². The van der Waals surface area contributed by atoms with E-state index in [1.807, 2.05) is 19.2 Å². The summed E-state index contributed by atoms with van der Waals surface area (Å²) in [6, 6.07) is 8.79. The van der Waals surface area contributed by atoms with Gasteiger partial charge in [0, 0.05) is 30.2 Å². The van der Waals surface area contributed by atoms with Crippen LogP contribution < -0.4 is 10.1 Å². The molecule has 0 radical (unpaired) electrons. The molecule has 2 rings (SSSR count). The molecule has 2 amide bonds. The van der Waals surface area contributed by atoms with Crippen LogP contribution in [0.3, 0.4) is 0 Å². The predicted molar refractivity (Wildman–Crippen MR) is 92.1 cm³/mol. The van der Waals surface area contributed by atoms with Crippen LogP contribution >= 0.6 is 11.3 Å². The van der Waals surface area contributed by atoms with Gasteiger partial charge in [0.05, 0.1) is 5.56 Å². The van der Waals surface area contributed by atoms with Crippen molar-refractivity contribution in [3.8, 4) is 5.75 Å². The van der Waals surface area contributed by atoms with Gasteiger partial charge in [-0.1, -0.05) is 6.07 Å². The van der Waals surface area contributed by atoms with Gasteiger partial charge in [-0.2, -0.15) is 11.3 Å². The molecule has 0 aliphatic heterocycles. The van der Waals surface area contributed by atoms with E-state index in [1.54, 1.807) is 40.6 Å². The highest BCUT2D eigenvalue weighted by atomic mass is 32.1. The lowest BCUT2D eigenvalue weighted by atomic mass is 10.2. The van der Waals surface area contributed by atoms with Gasteiger partial charge in [-0.25, -0.2) is 0 Å². The molecule has 0 aliphatic rings. The largest absolute Gasteiger partial charge is 0.484 e. The second-order valence-corrected chi connectivity index (χ2v) is 5.63. The summed E-state index contributed by atoms with van der Waals surface area (Å²) in [7, 11) is 0. The number of benzene rings is 1. The van der Waals surface area contributed by atoms with Gasteiger partial charge >= 0.3 is 0 Å². The van der Waals surface area contributed by atoms with Gasteiger partial charge in [0.1, 0.15) is 5.75 Å². The van der Waals surface area contributed by atoms with Gasteiger partial charge in [-0.05, 0) is 37.4 Å². The highest BCUT2D eigenvalue weighted by Crippen LogP contribution is 2.18. The second-order valence-electron chi connectivity index (χ2n) is 4.85. The van der Waals surface area contributed by atoms with E-state index < -0.39 is 0 Å². The SMILES string of the molecule is CCN(CC)C(=O)COc1cccc(NC(=O)c2ccsc2)c1. The Hall–Kier alpha value is -2.34. The van der Waals surface area contributed by atoms with Crippen molar-refractivity contribution in [3.05, 3.63) is 46.7 Å². The first-order chi connectivity index (χ1) is 11.1. The maximum atomic E-state index is 12.0. The number of hydrogen-bond acceptors (Lipinski definition) is 4. The van der Waals surface area contributed by atoms with E-state index in [0.717, 1.165) is 0 Å². The quantitative estimate of drug-likeness (QED) is 0.847. The Morgan fingerprint density at radius 2 is 2.00 bits per heavy atom. The van der Waals surface area contributed by atoms with Crippen LogP contribution in [0.4, 0.5) is 5.69 Å². The highest BCUT2D eigenvalue weighted by molar-refractivity contribution is 7.08. The fourth-order valence-electron chi connectivity index (χ4n) is 2.07. The van der Waals surface area contributed by atoms with Gasteiger partial charge < -0.3 is 15.0 Å². The molecule has 1 aromatic carbocycles. The zero-order valence-electron chi connectivity index (χ0n) is 13.2. The van der Waals surface area contributed by atoms with E-state index >= 15 is 0 Å². The summed E-state index contributed by atoms with van der Waals surface area (Å²) >= 11 is 1.47. The molecule has 23 heavy (non-hydrogen) atoms. The second kappa shape index (κ2) is 8.33. The number of rotatable bonds is 7. The van der Waals surface area contributed by atoms with Gasteiger partial charge in [0.25, 0.3) is 11.8 Å². The molecule has 6 heteroatoms. The standard InChI is InChI=1S/C17H20N2O3S/c1-3-19(4-2)16(20)11-22-15-7-5-6-14(10-15)18-17(21)13-8-9-23-12-13/h5-10,12H,3-4,11H2,1-2H3,(H,18,21). The molecular weight excluding hydrogens is 312 g/mol. The molecule has 5 nitrogen and oxygen atoms in total. The number of carbonyl (C=O) groups is 2. The lowest BCUT2D eigenvalue weighted by Gasteiger charge is -2.18. The maximum Gasteiger partial charge on any atom is 0.260 e. The Balaban J connectivity index is 1.94. The number of ether oxygens (including phenoxy) is 1. The molecule has 0 unspecified atom stereocenters. The number of likely N-dealkylation sites (N-methyl/N-ethyl adjacent to an activating group) is 1. The normalized spacial score (nSPS) is 10.2. The van der Waals surface area contributed by atoms with Crippen molar-refractivity contribution in [2.24, 2.45) is 0 Å². The molecule has 1 heterocycles. The summed E-state index contributed by atoms with van der Waals surface area (Å²) in [6.45, 7) is 5.18. The van der Waals surface area contributed by atoms with Crippen molar-refractivity contribution in [1.82, 2.24) is 4.90 Å². The van der Waals surface area contributed by atoms with Gasteiger partial charge in [0.15, 0.2) is 6.61 Å². The van der Waals surface area contributed by atoms with Crippen molar-refractivity contribution in [2.75, 3.05) is 25.0 Å². The Labute approximate surface area is 139 Å². The van der Waals surface area contributed by atoms with Crippen molar-refractivity contribution in [3.63, 3.8) is 0 Å². The van der Waals surface area contributed by atoms with Gasteiger partial charge in [-0.15, -0.1) is 0 Å². The minimum Gasteiger partial charge on any atom is -0.484 e. The first-order valence-corrected chi connectivity index (χ1v) is 8.42. The van der Waals surface area contributed by atoms with Gasteiger partial charge in [0.2, 0.25) is 0 Å². The molecule has 0 atom stereocenters. The molecule has 0 fully saturated rings. The maximum absolute atomic E-state index is 12.0. The number of thiophene rings is 1. The molecule has 2 aromatic rings. The van der Waals surface area contributed by atoms with Crippen LogP contribution in [0.25, 0.3) is 0 Å². The monoisotopic (exact) mass is 332 g/mol.